The molecule has 30 heavy (non-hydrogen) atoms. The van der Waals surface area contributed by atoms with Crippen LogP contribution in [-0.2, 0) is 6.61 Å². The Labute approximate surface area is 175 Å². The van der Waals surface area contributed by atoms with Crippen LogP contribution in [0.15, 0.2) is 53.1 Å². The molecule has 0 bridgehead atoms. The molecule has 8 nitrogen and oxygen atoms in total. The normalized spacial score (nSPS) is 13.9. The minimum atomic E-state index is -0.0415. The number of piperazine rings is 1. The number of ether oxygens (including phenoxy) is 2. The van der Waals surface area contributed by atoms with Crippen LogP contribution in [0.5, 0.6) is 11.5 Å². The van der Waals surface area contributed by atoms with Crippen molar-refractivity contribution in [2.24, 2.45) is 0 Å². The van der Waals surface area contributed by atoms with Crippen molar-refractivity contribution in [3.63, 3.8) is 0 Å². The molecule has 4 rings (SSSR count). The summed E-state index contributed by atoms with van der Waals surface area (Å²) < 4.78 is 16.1. The molecule has 1 aromatic heterocycles. The van der Waals surface area contributed by atoms with E-state index in [0.29, 0.717) is 36.1 Å². The first-order valence-corrected chi connectivity index (χ1v) is 9.83. The Kier molecular flexibility index (Phi) is 5.83. The van der Waals surface area contributed by atoms with E-state index in [1.54, 1.807) is 26.2 Å². The number of carbonyl (C=O) groups excluding carboxylic acids is 1. The van der Waals surface area contributed by atoms with E-state index in [4.69, 9.17) is 14.0 Å². The van der Waals surface area contributed by atoms with Crippen LogP contribution in [-0.4, -0.2) is 54.2 Å². The number of hydrogen-bond donors (Lipinski definition) is 0. The van der Waals surface area contributed by atoms with E-state index < -0.39 is 0 Å². The Balaban J connectivity index is 1.40. The maximum atomic E-state index is 13.1. The number of aromatic nitrogens is 2. The van der Waals surface area contributed by atoms with Crippen molar-refractivity contribution in [3.05, 3.63) is 65.8 Å². The van der Waals surface area contributed by atoms with Crippen LogP contribution in [0.3, 0.4) is 0 Å². The second kappa shape index (κ2) is 8.86. The summed E-state index contributed by atoms with van der Waals surface area (Å²) in [6, 6.07) is 15.2. The maximum Gasteiger partial charge on any atom is 0.257 e. The molecule has 1 aliphatic heterocycles. The minimum absolute atomic E-state index is 0.0415. The van der Waals surface area contributed by atoms with Crippen LogP contribution in [0.1, 0.15) is 22.1 Å². The molecule has 2 aromatic carbocycles. The van der Waals surface area contributed by atoms with Gasteiger partial charge in [0.25, 0.3) is 5.91 Å². The summed E-state index contributed by atoms with van der Waals surface area (Å²) >= 11 is 0. The zero-order chi connectivity index (χ0) is 20.9. The molecule has 8 heteroatoms. The number of anilines is 1. The maximum absolute atomic E-state index is 13.1. The number of para-hydroxylation sites is 1. The zero-order valence-electron chi connectivity index (χ0n) is 17.1. The van der Waals surface area contributed by atoms with Gasteiger partial charge in [-0.3, -0.25) is 4.79 Å². The van der Waals surface area contributed by atoms with Crippen molar-refractivity contribution in [1.29, 1.82) is 0 Å². The fourth-order valence-electron chi connectivity index (χ4n) is 3.46. The number of methoxy groups -OCH3 is 1. The molecule has 0 unspecified atom stereocenters. The van der Waals surface area contributed by atoms with Gasteiger partial charge in [0.15, 0.2) is 6.61 Å². The number of nitrogens with zero attached hydrogens (tertiary/aromatic N) is 4. The highest BCUT2D eigenvalue weighted by molar-refractivity contribution is 5.97. The van der Waals surface area contributed by atoms with Crippen LogP contribution >= 0.6 is 0 Å². The summed E-state index contributed by atoms with van der Waals surface area (Å²) in [5.41, 5.74) is 1.63. The number of aryl methyl sites for hydroxylation is 1. The molecule has 1 saturated heterocycles. The van der Waals surface area contributed by atoms with Crippen LogP contribution in [0.2, 0.25) is 0 Å². The van der Waals surface area contributed by atoms with E-state index in [9.17, 15) is 4.79 Å². The zero-order valence-corrected chi connectivity index (χ0v) is 17.1. The molecule has 0 spiro atoms. The predicted molar refractivity (Wildman–Crippen MR) is 111 cm³/mol. The molecule has 1 amide bonds. The monoisotopic (exact) mass is 408 g/mol. The van der Waals surface area contributed by atoms with Gasteiger partial charge in [0.05, 0.1) is 12.7 Å². The van der Waals surface area contributed by atoms with Crippen LogP contribution in [0.4, 0.5) is 5.69 Å². The third-order valence-corrected chi connectivity index (χ3v) is 5.03. The first kappa shape index (κ1) is 19.8. The van der Waals surface area contributed by atoms with Crippen molar-refractivity contribution in [2.45, 2.75) is 13.5 Å². The van der Waals surface area contributed by atoms with E-state index in [1.165, 1.54) is 0 Å². The Hall–Kier alpha value is -3.55. The van der Waals surface area contributed by atoms with Gasteiger partial charge in [-0.1, -0.05) is 23.4 Å². The Morgan fingerprint density at radius 3 is 2.63 bits per heavy atom. The summed E-state index contributed by atoms with van der Waals surface area (Å²) in [6.07, 6.45) is 0. The first-order valence-electron chi connectivity index (χ1n) is 9.83. The summed E-state index contributed by atoms with van der Waals surface area (Å²) in [4.78, 5) is 21.4. The third kappa shape index (κ3) is 4.37. The molecule has 156 valence electrons. The van der Waals surface area contributed by atoms with E-state index in [-0.39, 0.29) is 12.5 Å². The Bertz CT molecular complexity index is 1010. The van der Waals surface area contributed by atoms with Crippen molar-refractivity contribution in [1.82, 2.24) is 15.0 Å². The third-order valence-electron chi connectivity index (χ3n) is 5.03. The number of amides is 1. The SMILES string of the molecule is COc1cccc(N2CCN(C(=O)c3ccccc3OCc3noc(C)n3)CC2)c1. The molecule has 1 fully saturated rings. The Morgan fingerprint density at radius 2 is 1.90 bits per heavy atom. The fourth-order valence-corrected chi connectivity index (χ4v) is 3.46. The number of carbonyl (C=O) groups is 1. The highest BCUT2D eigenvalue weighted by Crippen LogP contribution is 2.24. The summed E-state index contributed by atoms with van der Waals surface area (Å²) in [5.74, 6) is 2.22. The summed E-state index contributed by atoms with van der Waals surface area (Å²) in [5, 5.41) is 3.82. The molecule has 0 aliphatic carbocycles. The average Bonchev–Trinajstić information content (AvgIpc) is 3.22. The highest BCUT2D eigenvalue weighted by atomic mass is 16.5. The van der Waals surface area contributed by atoms with Crippen molar-refractivity contribution in [2.75, 3.05) is 38.2 Å². The quantitative estimate of drug-likeness (QED) is 0.620. The topological polar surface area (TPSA) is 80.9 Å². The van der Waals surface area contributed by atoms with Crippen LogP contribution in [0, 0.1) is 6.92 Å². The first-order chi connectivity index (χ1) is 14.6. The van der Waals surface area contributed by atoms with Gasteiger partial charge in [-0.25, -0.2) is 0 Å². The van der Waals surface area contributed by atoms with Crippen LogP contribution in [0.25, 0.3) is 0 Å². The lowest BCUT2D eigenvalue weighted by atomic mass is 10.1. The largest absolute Gasteiger partial charge is 0.497 e. The molecule has 2 heterocycles. The van der Waals surface area contributed by atoms with E-state index in [1.807, 2.05) is 35.2 Å². The summed E-state index contributed by atoms with van der Waals surface area (Å²) in [7, 11) is 1.66. The van der Waals surface area contributed by atoms with Gasteiger partial charge in [0.1, 0.15) is 11.5 Å². The van der Waals surface area contributed by atoms with Crippen molar-refractivity contribution in [3.8, 4) is 11.5 Å². The van der Waals surface area contributed by atoms with E-state index in [0.717, 1.165) is 24.5 Å². The van der Waals surface area contributed by atoms with Gasteiger partial charge >= 0.3 is 0 Å². The predicted octanol–water partition coefficient (Wildman–Crippen LogP) is 2.93. The number of hydrogen-bond acceptors (Lipinski definition) is 7. The van der Waals surface area contributed by atoms with Crippen LogP contribution < -0.4 is 14.4 Å². The molecule has 0 atom stereocenters. The molecule has 0 N–H and O–H groups in total. The standard InChI is InChI=1S/C22H24N4O4/c1-16-23-21(24-30-16)15-29-20-9-4-3-8-19(20)22(27)26-12-10-25(11-13-26)17-6-5-7-18(14-17)28-2/h3-9,14H,10-13,15H2,1-2H3. The van der Waals surface area contributed by atoms with E-state index in [2.05, 4.69) is 21.1 Å². The van der Waals surface area contributed by atoms with Gasteiger partial charge < -0.3 is 23.8 Å². The average molecular weight is 408 g/mol. The minimum Gasteiger partial charge on any atom is -0.497 e. The summed E-state index contributed by atoms with van der Waals surface area (Å²) in [6.45, 7) is 4.64. The van der Waals surface area contributed by atoms with Crippen molar-refractivity contribution >= 4 is 11.6 Å². The second-order valence-corrected chi connectivity index (χ2v) is 7.00. The van der Waals surface area contributed by atoms with Gasteiger partial charge in [0.2, 0.25) is 11.7 Å². The lowest BCUT2D eigenvalue weighted by Gasteiger charge is -2.36. The van der Waals surface area contributed by atoms with Crippen molar-refractivity contribution < 1.29 is 18.8 Å². The fraction of sp³-hybridized carbons (Fsp3) is 0.318. The molecular formula is C22H24N4O4. The second-order valence-electron chi connectivity index (χ2n) is 7.00. The molecule has 0 saturated carbocycles. The lowest BCUT2D eigenvalue weighted by molar-refractivity contribution is 0.0741. The van der Waals surface area contributed by atoms with Gasteiger partial charge in [-0.15, -0.1) is 0 Å². The Morgan fingerprint density at radius 1 is 1.10 bits per heavy atom. The highest BCUT2D eigenvalue weighted by Gasteiger charge is 2.24. The lowest BCUT2D eigenvalue weighted by Crippen LogP contribution is -2.48. The smallest absolute Gasteiger partial charge is 0.257 e. The molecular weight excluding hydrogens is 384 g/mol. The number of rotatable bonds is 6. The van der Waals surface area contributed by atoms with Gasteiger partial charge in [-0.05, 0) is 24.3 Å². The molecule has 0 radical (unpaired) electrons. The number of benzene rings is 2. The molecule has 3 aromatic rings. The van der Waals surface area contributed by atoms with Gasteiger partial charge in [-0.2, -0.15) is 4.98 Å². The van der Waals surface area contributed by atoms with E-state index >= 15 is 0 Å². The van der Waals surface area contributed by atoms with Gasteiger partial charge in [0, 0.05) is 44.9 Å². The molecule has 1 aliphatic rings.